The number of aliphatic hydroxyl groups excluding tert-OH is 2. The van der Waals surface area contributed by atoms with Gasteiger partial charge in [0.15, 0.2) is 0 Å². The van der Waals surface area contributed by atoms with Gasteiger partial charge in [-0.2, -0.15) is 0 Å². The third-order valence-corrected chi connectivity index (χ3v) is 6.01. The lowest BCUT2D eigenvalue weighted by molar-refractivity contribution is 0.181. The minimum atomic E-state index is -0.543. The zero-order valence-corrected chi connectivity index (χ0v) is 17.3. The highest BCUT2D eigenvalue weighted by Gasteiger charge is 2.16. The second-order valence-electron chi connectivity index (χ2n) is 7.67. The largest absolute Gasteiger partial charge is 0.387 e. The zero-order valence-electron chi connectivity index (χ0n) is 16.5. The van der Waals surface area contributed by atoms with Gasteiger partial charge in [-0.1, -0.05) is 58.7 Å². The van der Waals surface area contributed by atoms with Gasteiger partial charge >= 0.3 is 0 Å². The van der Waals surface area contributed by atoms with Crippen LogP contribution in [0.1, 0.15) is 55.3 Å². The van der Waals surface area contributed by atoms with Gasteiger partial charge in [-0.15, -0.1) is 11.3 Å². The lowest BCUT2D eigenvalue weighted by Crippen LogP contribution is -2.01. The van der Waals surface area contributed by atoms with Crippen molar-refractivity contribution in [3.05, 3.63) is 91.7 Å². The highest BCUT2D eigenvalue weighted by atomic mass is 32.1. The van der Waals surface area contributed by atoms with Gasteiger partial charge in [0.1, 0.15) is 0 Å². The van der Waals surface area contributed by atoms with E-state index in [0.717, 1.165) is 20.9 Å². The molecule has 0 radical (unpaired) electrons. The molecule has 0 spiro atoms. The molecule has 2 N–H and O–H groups in total. The first-order valence-electron chi connectivity index (χ1n) is 9.40. The van der Waals surface area contributed by atoms with Gasteiger partial charge in [-0.05, 0) is 51.0 Å². The fourth-order valence-corrected chi connectivity index (χ4v) is 4.73. The molecule has 2 nitrogen and oxygen atoms in total. The van der Waals surface area contributed by atoms with Crippen LogP contribution in [0.4, 0.5) is 0 Å². The molecule has 0 amide bonds. The minimum absolute atomic E-state index is 0.543. The van der Waals surface area contributed by atoms with Crippen molar-refractivity contribution in [2.45, 2.75) is 52.7 Å². The predicted octanol–water partition coefficient (Wildman–Crippen LogP) is 5.53. The van der Waals surface area contributed by atoms with Crippen LogP contribution in [-0.4, -0.2) is 10.2 Å². The molecular formula is C24H28O2S. The van der Waals surface area contributed by atoms with E-state index < -0.39 is 12.2 Å². The van der Waals surface area contributed by atoms with Gasteiger partial charge in [0, 0.05) is 22.6 Å². The lowest BCUT2D eigenvalue weighted by atomic mass is 10.0. The van der Waals surface area contributed by atoms with Gasteiger partial charge in [-0.25, -0.2) is 0 Å². The van der Waals surface area contributed by atoms with Crippen LogP contribution in [-0.2, 0) is 12.8 Å². The summed E-state index contributed by atoms with van der Waals surface area (Å²) < 4.78 is 0. The number of aryl methyl sites for hydroxylation is 4. The van der Waals surface area contributed by atoms with Crippen LogP contribution in [0.2, 0.25) is 0 Å². The number of hydrogen-bond donors (Lipinski definition) is 2. The van der Waals surface area contributed by atoms with Gasteiger partial charge in [0.05, 0.1) is 12.2 Å². The van der Waals surface area contributed by atoms with Crippen molar-refractivity contribution in [2.75, 3.05) is 0 Å². The third-order valence-electron chi connectivity index (χ3n) is 4.73. The van der Waals surface area contributed by atoms with E-state index in [1.54, 1.807) is 0 Å². The number of rotatable bonds is 6. The SMILES string of the molecule is Cc1cc(C)cc(CC(O)c2ccc(C(O)Cc3cc(C)cc(C)c3)s2)c1. The molecule has 0 aliphatic rings. The molecule has 3 rings (SSSR count). The summed E-state index contributed by atoms with van der Waals surface area (Å²) in [6, 6.07) is 16.7. The van der Waals surface area contributed by atoms with Crippen LogP contribution in [0, 0.1) is 27.7 Å². The van der Waals surface area contributed by atoms with Crippen molar-refractivity contribution in [1.29, 1.82) is 0 Å². The van der Waals surface area contributed by atoms with Crippen molar-refractivity contribution >= 4 is 11.3 Å². The van der Waals surface area contributed by atoms with E-state index in [1.165, 1.54) is 33.6 Å². The summed E-state index contributed by atoms with van der Waals surface area (Å²) in [5, 5.41) is 21.3. The first kappa shape index (κ1) is 19.8. The Balaban J connectivity index is 1.69. The summed E-state index contributed by atoms with van der Waals surface area (Å²) in [5.41, 5.74) is 7.15. The number of hydrogen-bond acceptors (Lipinski definition) is 3. The van der Waals surface area contributed by atoms with Crippen LogP contribution in [0.3, 0.4) is 0 Å². The zero-order chi connectivity index (χ0) is 19.6. The summed E-state index contributed by atoms with van der Waals surface area (Å²) >= 11 is 1.50. The molecule has 1 heterocycles. The monoisotopic (exact) mass is 380 g/mol. The third kappa shape index (κ3) is 5.29. The van der Waals surface area contributed by atoms with E-state index in [2.05, 4.69) is 64.1 Å². The summed E-state index contributed by atoms with van der Waals surface area (Å²) in [7, 11) is 0. The maximum absolute atomic E-state index is 10.6. The molecule has 142 valence electrons. The Morgan fingerprint density at radius 2 is 0.963 bits per heavy atom. The van der Waals surface area contributed by atoms with Crippen molar-refractivity contribution in [1.82, 2.24) is 0 Å². The van der Waals surface area contributed by atoms with Crippen LogP contribution < -0.4 is 0 Å². The van der Waals surface area contributed by atoms with Crippen molar-refractivity contribution in [3.63, 3.8) is 0 Å². The van der Waals surface area contributed by atoms with Crippen LogP contribution in [0.25, 0.3) is 0 Å². The van der Waals surface area contributed by atoms with Gasteiger partial charge in [-0.3, -0.25) is 0 Å². The Morgan fingerprint density at radius 1 is 0.630 bits per heavy atom. The second kappa shape index (κ2) is 8.39. The van der Waals surface area contributed by atoms with Crippen LogP contribution >= 0.6 is 11.3 Å². The molecule has 1 aromatic heterocycles. The van der Waals surface area contributed by atoms with E-state index >= 15 is 0 Å². The topological polar surface area (TPSA) is 40.5 Å². The van der Waals surface area contributed by atoms with E-state index in [9.17, 15) is 10.2 Å². The molecule has 0 aliphatic carbocycles. The molecule has 3 heteroatoms. The Bertz CT molecular complexity index is 811. The van der Waals surface area contributed by atoms with Crippen molar-refractivity contribution in [3.8, 4) is 0 Å². The molecule has 2 unspecified atom stereocenters. The van der Waals surface area contributed by atoms with Gasteiger partial charge < -0.3 is 10.2 Å². The Morgan fingerprint density at radius 3 is 1.30 bits per heavy atom. The van der Waals surface area contributed by atoms with Crippen molar-refractivity contribution < 1.29 is 10.2 Å². The quantitative estimate of drug-likeness (QED) is 0.590. The Labute approximate surface area is 166 Å². The van der Waals surface area contributed by atoms with E-state index in [-0.39, 0.29) is 0 Å². The molecule has 3 aromatic rings. The molecule has 0 aliphatic heterocycles. The Kier molecular flexibility index (Phi) is 6.15. The maximum Gasteiger partial charge on any atom is 0.0922 e. The number of thiophene rings is 1. The predicted molar refractivity (Wildman–Crippen MR) is 113 cm³/mol. The van der Waals surface area contributed by atoms with Gasteiger partial charge in [0.2, 0.25) is 0 Å². The average molecular weight is 381 g/mol. The summed E-state index contributed by atoms with van der Waals surface area (Å²) in [6.07, 6.45) is 0.0994. The summed E-state index contributed by atoms with van der Waals surface area (Å²) in [4.78, 5) is 1.81. The standard InChI is InChI=1S/C24H28O2S/c1-15-7-16(2)10-19(9-15)13-21(25)23-5-6-24(27-23)22(26)14-20-11-17(3)8-18(4)12-20/h5-12,21-22,25-26H,13-14H2,1-4H3. The van der Waals surface area contributed by atoms with Crippen molar-refractivity contribution in [2.24, 2.45) is 0 Å². The van der Waals surface area contributed by atoms with Crippen LogP contribution in [0.15, 0.2) is 48.5 Å². The maximum atomic E-state index is 10.6. The average Bonchev–Trinajstić information content (AvgIpc) is 3.03. The van der Waals surface area contributed by atoms with E-state index in [0.29, 0.717) is 12.8 Å². The lowest BCUT2D eigenvalue weighted by Gasteiger charge is -2.12. The molecule has 2 atom stereocenters. The molecule has 0 saturated heterocycles. The van der Waals surface area contributed by atoms with Crippen LogP contribution in [0.5, 0.6) is 0 Å². The minimum Gasteiger partial charge on any atom is -0.387 e. The smallest absolute Gasteiger partial charge is 0.0922 e. The fourth-order valence-electron chi connectivity index (χ4n) is 3.75. The molecule has 0 saturated carbocycles. The number of benzene rings is 2. The fraction of sp³-hybridized carbons (Fsp3) is 0.333. The molecule has 0 fully saturated rings. The molecule has 27 heavy (non-hydrogen) atoms. The first-order chi connectivity index (χ1) is 12.8. The van der Waals surface area contributed by atoms with E-state index in [4.69, 9.17) is 0 Å². The van der Waals surface area contributed by atoms with Gasteiger partial charge in [0.25, 0.3) is 0 Å². The highest BCUT2D eigenvalue weighted by Crippen LogP contribution is 2.31. The molecular weight excluding hydrogens is 352 g/mol. The molecule has 2 aromatic carbocycles. The normalized spacial score (nSPS) is 13.6. The number of aliphatic hydroxyl groups is 2. The Hall–Kier alpha value is -1.94. The highest BCUT2D eigenvalue weighted by molar-refractivity contribution is 7.12. The molecule has 0 bridgehead atoms. The van der Waals surface area contributed by atoms with E-state index in [1.807, 2.05) is 12.1 Å². The summed E-state index contributed by atoms with van der Waals surface area (Å²) in [6.45, 7) is 8.32. The first-order valence-corrected chi connectivity index (χ1v) is 10.2. The summed E-state index contributed by atoms with van der Waals surface area (Å²) in [5.74, 6) is 0. The second-order valence-corrected chi connectivity index (χ2v) is 8.82.